The second-order valence-electron chi connectivity index (χ2n) is 4.62. The van der Waals surface area contributed by atoms with Crippen LogP contribution in [0.1, 0.15) is 16.8 Å². The van der Waals surface area contributed by atoms with Gasteiger partial charge in [-0.25, -0.2) is 4.39 Å². The summed E-state index contributed by atoms with van der Waals surface area (Å²) < 4.78 is 18.8. The fourth-order valence-corrected chi connectivity index (χ4v) is 2.45. The molecule has 2 rings (SSSR count). The van der Waals surface area contributed by atoms with Crippen molar-refractivity contribution >= 4 is 27.7 Å². The lowest BCUT2D eigenvalue weighted by Gasteiger charge is -2.26. The maximum Gasteiger partial charge on any atom is 0.252 e. The van der Waals surface area contributed by atoms with Gasteiger partial charge >= 0.3 is 0 Å². The van der Waals surface area contributed by atoms with E-state index >= 15 is 0 Å². The molecular formula is C14H16BrFN2O3. The first kappa shape index (κ1) is 15.9. The molecule has 0 bridgehead atoms. The first-order chi connectivity index (χ1) is 10.1. The van der Waals surface area contributed by atoms with Crippen molar-refractivity contribution in [2.24, 2.45) is 0 Å². The predicted molar refractivity (Wildman–Crippen MR) is 78.4 cm³/mol. The number of nitrogens with one attached hydrogen (secondary N) is 1. The van der Waals surface area contributed by atoms with Gasteiger partial charge in [0.15, 0.2) is 0 Å². The molecule has 1 aliphatic rings. The molecule has 0 atom stereocenters. The fourth-order valence-electron chi connectivity index (χ4n) is 2.02. The summed E-state index contributed by atoms with van der Waals surface area (Å²) in [4.78, 5) is 25.5. The molecule has 0 unspecified atom stereocenters. The van der Waals surface area contributed by atoms with E-state index in [2.05, 4.69) is 21.2 Å². The van der Waals surface area contributed by atoms with Crippen LogP contribution in [0, 0.1) is 5.82 Å². The van der Waals surface area contributed by atoms with E-state index in [1.165, 1.54) is 12.1 Å². The van der Waals surface area contributed by atoms with E-state index < -0.39 is 11.7 Å². The highest BCUT2D eigenvalue weighted by atomic mass is 79.9. The number of carbonyl (C=O) groups is 2. The smallest absolute Gasteiger partial charge is 0.252 e. The number of hydrogen-bond donors (Lipinski definition) is 1. The molecule has 21 heavy (non-hydrogen) atoms. The van der Waals surface area contributed by atoms with Gasteiger partial charge in [-0.3, -0.25) is 9.59 Å². The van der Waals surface area contributed by atoms with Crippen molar-refractivity contribution in [2.45, 2.75) is 6.42 Å². The quantitative estimate of drug-likeness (QED) is 0.888. The van der Waals surface area contributed by atoms with Gasteiger partial charge in [-0.2, -0.15) is 0 Å². The SMILES string of the molecule is O=C(NCCC(=O)N1CCOCC1)c1cc(F)ccc1Br. The van der Waals surface area contributed by atoms with Crippen LogP contribution in [0.2, 0.25) is 0 Å². The van der Waals surface area contributed by atoms with Crippen LogP contribution in [-0.4, -0.2) is 49.6 Å². The molecule has 1 N–H and O–H groups in total. The Kier molecular flexibility index (Phi) is 5.69. The fraction of sp³-hybridized carbons (Fsp3) is 0.429. The Labute approximate surface area is 130 Å². The van der Waals surface area contributed by atoms with Crippen LogP contribution in [-0.2, 0) is 9.53 Å². The maximum absolute atomic E-state index is 13.1. The summed E-state index contributed by atoms with van der Waals surface area (Å²) in [5.41, 5.74) is 0.217. The Bertz CT molecular complexity index is 533. The monoisotopic (exact) mass is 358 g/mol. The molecule has 1 aliphatic heterocycles. The lowest BCUT2D eigenvalue weighted by molar-refractivity contribution is -0.135. The van der Waals surface area contributed by atoms with E-state index in [-0.39, 0.29) is 24.4 Å². The number of amides is 2. The highest BCUT2D eigenvalue weighted by Crippen LogP contribution is 2.17. The minimum absolute atomic E-state index is 0.0168. The minimum atomic E-state index is -0.479. The molecule has 7 heteroatoms. The van der Waals surface area contributed by atoms with E-state index in [1.807, 2.05) is 0 Å². The largest absolute Gasteiger partial charge is 0.378 e. The Morgan fingerprint density at radius 2 is 2.05 bits per heavy atom. The van der Waals surface area contributed by atoms with Crippen LogP contribution in [0.4, 0.5) is 4.39 Å². The van der Waals surface area contributed by atoms with Crippen LogP contribution in [0.5, 0.6) is 0 Å². The summed E-state index contributed by atoms with van der Waals surface area (Å²) in [7, 11) is 0. The van der Waals surface area contributed by atoms with Crippen molar-refractivity contribution in [2.75, 3.05) is 32.8 Å². The lowest BCUT2D eigenvalue weighted by atomic mass is 10.2. The first-order valence-electron chi connectivity index (χ1n) is 6.66. The van der Waals surface area contributed by atoms with Gasteiger partial charge in [0.1, 0.15) is 5.82 Å². The van der Waals surface area contributed by atoms with Crippen LogP contribution < -0.4 is 5.32 Å². The molecule has 1 heterocycles. The summed E-state index contributed by atoms with van der Waals surface area (Å²) >= 11 is 3.20. The Balaban J connectivity index is 1.81. The summed E-state index contributed by atoms with van der Waals surface area (Å²) in [5, 5.41) is 2.62. The lowest BCUT2D eigenvalue weighted by Crippen LogP contribution is -2.42. The van der Waals surface area contributed by atoms with Crippen LogP contribution >= 0.6 is 15.9 Å². The summed E-state index contributed by atoms with van der Waals surface area (Å²) in [6, 6.07) is 3.90. The molecule has 0 saturated carbocycles. The molecule has 1 aromatic rings. The number of nitrogens with zero attached hydrogens (tertiary/aromatic N) is 1. The number of halogens is 2. The Morgan fingerprint density at radius 1 is 1.33 bits per heavy atom. The molecule has 0 aliphatic carbocycles. The van der Waals surface area contributed by atoms with Gasteiger partial charge in [0, 0.05) is 30.5 Å². The van der Waals surface area contributed by atoms with Crippen molar-refractivity contribution < 1.29 is 18.7 Å². The van der Waals surface area contributed by atoms with Crippen molar-refractivity contribution in [1.82, 2.24) is 10.2 Å². The van der Waals surface area contributed by atoms with Crippen molar-refractivity contribution in [3.8, 4) is 0 Å². The van der Waals surface area contributed by atoms with Gasteiger partial charge in [0.05, 0.1) is 18.8 Å². The summed E-state index contributed by atoms with van der Waals surface area (Å²) in [5.74, 6) is -0.902. The van der Waals surface area contributed by atoms with Gasteiger partial charge in [-0.1, -0.05) is 0 Å². The number of ether oxygens (including phenoxy) is 1. The van der Waals surface area contributed by atoms with Gasteiger partial charge in [0.2, 0.25) is 5.91 Å². The van der Waals surface area contributed by atoms with Crippen LogP contribution in [0.3, 0.4) is 0 Å². The third kappa shape index (κ3) is 4.50. The van der Waals surface area contributed by atoms with Gasteiger partial charge in [-0.15, -0.1) is 0 Å². The first-order valence-corrected chi connectivity index (χ1v) is 7.46. The van der Waals surface area contributed by atoms with Crippen LogP contribution in [0.25, 0.3) is 0 Å². The second kappa shape index (κ2) is 7.51. The van der Waals surface area contributed by atoms with Crippen molar-refractivity contribution in [3.05, 3.63) is 34.1 Å². The van der Waals surface area contributed by atoms with E-state index in [0.29, 0.717) is 30.8 Å². The standard InChI is InChI=1S/C14H16BrFN2O3/c15-12-2-1-10(16)9-11(12)14(20)17-4-3-13(19)18-5-7-21-8-6-18/h1-2,9H,3-8H2,(H,17,20). The van der Waals surface area contributed by atoms with Crippen LogP contribution in [0.15, 0.2) is 22.7 Å². The zero-order chi connectivity index (χ0) is 15.2. The van der Waals surface area contributed by atoms with E-state index in [0.717, 1.165) is 6.07 Å². The molecular weight excluding hydrogens is 343 g/mol. The second-order valence-corrected chi connectivity index (χ2v) is 5.48. The molecule has 0 radical (unpaired) electrons. The van der Waals surface area contributed by atoms with Crippen molar-refractivity contribution in [1.29, 1.82) is 0 Å². The Hall–Kier alpha value is -1.47. The molecule has 2 amide bonds. The maximum atomic E-state index is 13.1. The zero-order valence-electron chi connectivity index (χ0n) is 11.4. The highest BCUT2D eigenvalue weighted by molar-refractivity contribution is 9.10. The third-order valence-corrected chi connectivity index (χ3v) is 3.85. The van der Waals surface area contributed by atoms with Gasteiger partial charge in [0.25, 0.3) is 5.91 Å². The topological polar surface area (TPSA) is 58.6 Å². The molecule has 114 valence electrons. The summed E-state index contributed by atoms with van der Waals surface area (Å²) in [6.45, 7) is 2.49. The average molecular weight is 359 g/mol. The average Bonchev–Trinajstić information content (AvgIpc) is 2.50. The van der Waals surface area contributed by atoms with E-state index in [9.17, 15) is 14.0 Å². The molecule has 0 aromatic heterocycles. The number of carbonyl (C=O) groups excluding carboxylic acids is 2. The number of morpholine rings is 1. The highest BCUT2D eigenvalue weighted by Gasteiger charge is 2.17. The Morgan fingerprint density at radius 3 is 2.76 bits per heavy atom. The molecule has 1 fully saturated rings. The molecule has 1 saturated heterocycles. The zero-order valence-corrected chi connectivity index (χ0v) is 13.0. The van der Waals surface area contributed by atoms with Crippen molar-refractivity contribution in [3.63, 3.8) is 0 Å². The number of rotatable bonds is 4. The van der Waals surface area contributed by atoms with E-state index in [1.54, 1.807) is 4.90 Å². The van der Waals surface area contributed by atoms with Gasteiger partial charge in [-0.05, 0) is 34.1 Å². The molecule has 1 aromatic carbocycles. The number of hydrogen-bond acceptors (Lipinski definition) is 3. The minimum Gasteiger partial charge on any atom is -0.378 e. The third-order valence-electron chi connectivity index (χ3n) is 3.16. The predicted octanol–water partition coefficient (Wildman–Crippen LogP) is 1.57. The molecule has 5 nitrogen and oxygen atoms in total. The van der Waals surface area contributed by atoms with Gasteiger partial charge < -0.3 is 15.0 Å². The molecule has 0 spiro atoms. The number of benzene rings is 1. The summed E-state index contributed by atoms with van der Waals surface area (Å²) in [6.07, 6.45) is 0.221. The normalized spacial score (nSPS) is 14.9. The van der Waals surface area contributed by atoms with E-state index in [4.69, 9.17) is 4.74 Å².